The average molecular weight is 265 g/mol. The maximum Gasteiger partial charge on any atom is 0.0240 e. The second kappa shape index (κ2) is 6.23. The fourth-order valence-corrected chi connectivity index (χ4v) is 3.09. The number of nitrogens with zero attached hydrogens (tertiary/aromatic N) is 1. The Bertz CT molecular complexity index is 559. The zero-order valence-corrected chi connectivity index (χ0v) is 12.3. The Morgan fingerprint density at radius 2 is 1.80 bits per heavy atom. The van der Waals surface area contributed by atoms with Gasteiger partial charge in [-0.2, -0.15) is 0 Å². The lowest BCUT2D eigenvalue weighted by Crippen LogP contribution is -2.30. The first-order valence-electron chi connectivity index (χ1n) is 7.72. The van der Waals surface area contributed by atoms with Gasteiger partial charge < -0.3 is 0 Å². The van der Waals surface area contributed by atoms with Gasteiger partial charge in [-0.1, -0.05) is 61.9 Å². The molecule has 0 aromatic heterocycles. The summed E-state index contributed by atoms with van der Waals surface area (Å²) in [6, 6.07) is 17.9. The van der Waals surface area contributed by atoms with Crippen LogP contribution in [0.5, 0.6) is 0 Å². The highest BCUT2D eigenvalue weighted by Gasteiger charge is 2.16. The van der Waals surface area contributed by atoms with E-state index in [9.17, 15) is 0 Å². The molecule has 3 rings (SSSR count). The molecule has 0 bridgehead atoms. The molecule has 20 heavy (non-hydrogen) atoms. The summed E-state index contributed by atoms with van der Waals surface area (Å²) in [5, 5.41) is 0. The van der Waals surface area contributed by atoms with Gasteiger partial charge in [-0.15, -0.1) is 0 Å². The van der Waals surface area contributed by atoms with Crippen molar-refractivity contribution in [3.63, 3.8) is 0 Å². The van der Waals surface area contributed by atoms with Crippen LogP contribution in [-0.4, -0.2) is 11.4 Å². The number of rotatable bonds is 4. The van der Waals surface area contributed by atoms with Crippen molar-refractivity contribution in [3.05, 3.63) is 70.8 Å². The van der Waals surface area contributed by atoms with Crippen LogP contribution in [0.4, 0.5) is 0 Å². The van der Waals surface area contributed by atoms with E-state index in [0.717, 1.165) is 13.1 Å². The van der Waals surface area contributed by atoms with E-state index in [2.05, 4.69) is 60.4 Å². The predicted molar refractivity (Wildman–Crippen MR) is 84.7 cm³/mol. The van der Waals surface area contributed by atoms with Gasteiger partial charge in [0.15, 0.2) is 0 Å². The van der Waals surface area contributed by atoms with Crippen LogP contribution in [0.1, 0.15) is 35.6 Å². The van der Waals surface area contributed by atoms with Crippen molar-refractivity contribution in [3.8, 4) is 0 Å². The highest BCUT2D eigenvalue weighted by molar-refractivity contribution is 5.34. The topological polar surface area (TPSA) is 3.24 Å². The number of aryl methyl sites for hydroxylation is 1. The third kappa shape index (κ3) is 3.10. The summed E-state index contributed by atoms with van der Waals surface area (Å²) in [4.78, 5) is 2.55. The first kappa shape index (κ1) is 13.4. The van der Waals surface area contributed by atoms with Crippen LogP contribution < -0.4 is 0 Å². The molecule has 0 fully saturated rings. The van der Waals surface area contributed by atoms with Crippen molar-refractivity contribution in [2.24, 2.45) is 0 Å². The molecule has 0 unspecified atom stereocenters. The standard InChI is InChI=1S/C19H23N/c1-2-6-16-9-10-19-15-20(12-11-18(19)13-16)14-17-7-4-3-5-8-17/h3-5,7-10,13H,2,6,11-12,14-15H2,1H3. The molecule has 0 aliphatic carbocycles. The Hall–Kier alpha value is -1.60. The van der Waals surface area contributed by atoms with Crippen molar-refractivity contribution in [2.45, 2.75) is 39.3 Å². The van der Waals surface area contributed by atoms with Crippen LogP contribution in [0.15, 0.2) is 48.5 Å². The third-order valence-electron chi connectivity index (χ3n) is 4.15. The molecule has 0 atom stereocenters. The minimum Gasteiger partial charge on any atom is -0.294 e. The van der Waals surface area contributed by atoms with E-state index in [4.69, 9.17) is 0 Å². The lowest BCUT2D eigenvalue weighted by molar-refractivity contribution is 0.245. The summed E-state index contributed by atoms with van der Waals surface area (Å²) in [5.41, 5.74) is 6.01. The molecule has 0 spiro atoms. The monoisotopic (exact) mass is 265 g/mol. The Morgan fingerprint density at radius 3 is 2.60 bits per heavy atom. The van der Waals surface area contributed by atoms with Crippen LogP contribution in [0.25, 0.3) is 0 Å². The fraction of sp³-hybridized carbons (Fsp3) is 0.368. The summed E-state index contributed by atoms with van der Waals surface area (Å²) in [6.45, 7) is 5.59. The van der Waals surface area contributed by atoms with Gasteiger partial charge in [0.1, 0.15) is 0 Å². The highest BCUT2D eigenvalue weighted by atomic mass is 15.1. The van der Waals surface area contributed by atoms with Crippen molar-refractivity contribution in [1.29, 1.82) is 0 Å². The molecule has 0 radical (unpaired) electrons. The van der Waals surface area contributed by atoms with E-state index < -0.39 is 0 Å². The second-order valence-electron chi connectivity index (χ2n) is 5.80. The SMILES string of the molecule is CCCc1ccc2c(c1)CCN(Cc1ccccc1)C2. The van der Waals surface area contributed by atoms with Crippen LogP contribution in [0.3, 0.4) is 0 Å². The molecule has 0 saturated carbocycles. The quantitative estimate of drug-likeness (QED) is 0.801. The molecule has 2 aromatic carbocycles. The van der Waals surface area contributed by atoms with E-state index >= 15 is 0 Å². The summed E-state index contributed by atoms with van der Waals surface area (Å²) < 4.78 is 0. The fourth-order valence-electron chi connectivity index (χ4n) is 3.09. The van der Waals surface area contributed by atoms with Gasteiger partial charge >= 0.3 is 0 Å². The van der Waals surface area contributed by atoms with Gasteiger partial charge in [0.25, 0.3) is 0 Å². The predicted octanol–water partition coefficient (Wildman–Crippen LogP) is 4.20. The van der Waals surface area contributed by atoms with Crippen LogP contribution in [0, 0.1) is 0 Å². The summed E-state index contributed by atoms with van der Waals surface area (Å²) in [7, 11) is 0. The Kier molecular flexibility index (Phi) is 4.17. The Labute approximate surface area is 122 Å². The Balaban J connectivity index is 1.69. The normalized spacial score (nSPS) is 15.1. The van der Waals surface area contributed by atoms with Gasteiger partial charge in [-0.3, -0.25) is 4.90 Å². The van der Waals surface area contributed by atoms with E-state index in [1.807, 2.05) is 0 Å². The number of benzene rings is 2. The second-order valence-corrected chi connectivity index (χ2v) is 5.80. The van der Waals surface area contributed by atoms with Crippen LogP contribution >= 0.6 is 0 Å². The molecule has 1 heterocycles. The molecule has 2 aromatic rings. The summed E-state index contributed by atoms with van der Waals surface area (Å²) in [5.74, 6) is 0. The van der Waals surface area contributed by atoms with Crippen LogP contribution in [-0.2, 0) is 25.9 Å². The van der Waals surface area contributed by atoms with Crippen LogP contribution in [0.2, 0.25) is 0 Å². The summed E-state index contributed by atoms with van der Waals surface area (Å²) in [6.07, 6.45) is 3.64. The van der Waals surface area contributed by atoms with Gasteiger partial charge in [0.2, 0.25) is 0 Å². The molecule has 0 N–H and O–H groups in total. The number of hydrogen-bond acceptors (Lipinski definition) is 1. The van der Waals surface area contributed by atoms with Crippen molar-refractivity contribution < 1.29 is 0 Å². The molecule has 0 saturated heterocycles. The Morgan fingerprint density at radius 1 is 0.950 bits per heavy atom. The highest BCUT2D eigenvalue weighted by Crippen LogP contribution is 2.22. The number of fused-ring (bicyclic) bond motifs is 1. The van der Waals surface area contributed by atoms with Gasteiger partial charge in [0, 0.05) is 19.6 Å². The van der Waals surface area contributed by atoms with E-state index in [1.165, 1.54) is 42.5 Å². The zero-order chi connectivity index (χ0) is 13.8. The molecular weight excluding hydrogens is 242 g/mol. The molecule has 1 heteroatoms. The number of hydrogen-bond donors (Lipinski definition) is 0. The van der Waals surface area contributed by atoms with E-state index in [-0.39, 0.29) is 0 Å². The van der Waals surface area contributed by atoms with Crippen molar-refractivity contribution >= 4 is 0 Å². The first-order chi connectivity index (χ1) is 9.85. The van der Waals surface area contributed by atoms with Gasteiger partial charge in [-0.25, -0.2) is 0 Å². The molecular formula is C19H23N. The molecule has 104 valence electrons. The van der Waals surface area contributed by atoms with E-state index in [1.54, 1.807) is 5.56 Å². The van der Waals surface area contributed by atoms with Gasteiger partial charge in [0.05, 0.1) is 0 Å². The lowest BCUT2D eigenvalue weighted by atomic mass is 9.95. The maximum absolute atomic E-state index is 2.55. The minimum absolute atomic E-state index is 1.07. The smallest absolute Gasteiger partial charge is 0.0240 e. The third-order valence-corrected chi connectivity index (χ3v) is 4.15. The maximum atomic E-state index is 2.55. The molecule has 1 aliphatic rings. The lowest BCUT2D eigenvalue weighted by Gasteiger charge is -2.29. The van der Waals surface area contributed by atoms with Crippen molar-refractivity contribution in [2.75, 3.05) is 6.54 Å². The molecule has 0 amide bonds. The van der Waals surface area contributed by atoms with E-state index in [0.29, 0.717) is 0 Å². The zero-order valence-electron chi connectivity index (χ0n) is 12.3. The largest absolute Gasteiger partial charge is 0.294 e. The minimum atomic E-state index is 1.07. The van der Waals surface area contributed by atoms with Crippen molar-refractivity contribution in [1.82, 2.24) is 4.90 Å². The summed E-state index contributed by atoms with van der Waals surface area (Å²) >= 11 is 0. The van der Waals surface area contributed by atoms with Gasteiger partial charge in [-0.05, 0) is 35.1 Å². The molecule has 1 aliphatic heterocycles. The average Bonchev–Trinajstić information content (AvgIpc) is 2.49. The molecule has 1 nitrogen and oxygen atoms in total. The first-order valence-corrected chi connectivity index (χ1v) is 7.72.